The molecule has 0 aliphatic carbocycles. The Balaban J connectivity index is 0.00000363. The number of nitrogens with zero attached hydrogens (tertiary/aromatic N) is 3. The normalized spacial score (nSPS) is 14.6. The second-order valence-corrected chi connectivity index (χ2v) is 7.84. The van der Waals surface area contributed by atoms with Crippen LogP contribution in [-0.4, -0.2) is 63.8 Å². The van der Waals surface area contributed by atoms with Crippen LogP contribution in [0.2, 0.25) is 0 Å². The molecule has 0 atom stereocenters. The molecule has 3 rings (SSSR count). The van der Waals surface area contributed by atoms with Crippen LogP contribution < -0.4 is 20.3 Å². The lowest BCUT2D eigenvalue weighted by Gasteiger charge is -2.36. The Morgan fingerprint density at radius 1 is 0.938 bits per heavy atom. The van der Waals surface area contributed by atoms with Gasteiger partial charge < -0.3 is 20.3 Å². The zero-order valence-corrected chi connectivity index (χ0v) is 21.8. The highest BCUT2D eigenvalue weighted by Crippen LogP contribution is 2.15. The maximum atomic E-state index is 5.21. The number of guanidine groups is 1. The van der Waals surface area contributed by atoms with Crippen LogP contribution in [0.1, 0.15) is 25.3 Å². The molecule has 1 heterocycles. The lowest BCUT2D eigenvalue weighted by Crippen LogP contribution is -2.46. The van der Waals surface area contributed by atoms with Crippen molar-refractivity contribution in [2.75, 3.05) is 57.8 Å². The number of anilines is 1. The first-order valence-electron chi connectivity index (χ1n) is 11.5. The summed E-state index contributed by atoms with van der Waals surface area (Å²) in [5, 5.41) is 6.80. The van der Waals surface area contributed by atoms with Crippen molar-refractivity contribution in [1.29, 1.82) is 0 Å². The van der Waals surface area contributed by atoms with E-state index in [0.29, 0.717) is 6.54 Å². The molecule has 1 aliphatic heterocycles. The average Bonchev–Trinajstić information content (AvgIpc) is 2.83. The van der Waals surface area contributed by atoms with Crippen LogP contribution in [0.5, 0.6) is 5.75 Å². The zero-order chi connectivity index (χ0) is 21.7. The van der Waals surface area contributed by atoms with Crippen molar-refractivity contribution in [3.8, 4) is 5.75 Å². The van der Waals surface area contributed by atoms with E-state index < -0.39 is 0 Å². The molecule has 2 aromatic carbocycles. The molecule has 7 heteroatoms. The predicted octanol–water partition coefficient (Wildman–Crippen LogP) is 3.97. The van der Waals surface area contributed by atoms with Crippen LogP contribution in [0.4, 0.5) is 5.69 Å². The maximum absolute atomic E-state index is 5.21. The Labute approximate surface area is 210 Å². The second-order valence-electron chi connectivity index (χ2n) is 7.84. The molecule has 0 unspecified atom stereocenters. The number of piperazine rings is 1. The Hall–Kier alpha value is -2.00. The minimum Gasteiger partial charge on any atom is -0.497 e. The van der Waals surface area contributed by atoms with Gasteiger partial charge in [-0.2, -0.15) is 0 Å². The lowest BCUT2D eigenvalue weighted by atomic mass is 10.2. The molecule has 0 aromatic heterocycles. The lowest BCUT2D eigenvalue weighted by molar-refractivity contribution is 0.253. The van der Waals surface area contributed by atoms with E-state index in [0.717, 1.165) is 57.4 Å². The highest BCUT2D eigenvalue weighted by molar-refractivity contribution is 14.0. The summed E-state index contributed by atoms with van der Waals surface area (Å²) < 4.78 is 5.21. The number of unbranched alkanes of at least 4 members (excludes halogenated alkanes) is 1. The Morgan fingerprint density at radius 3 is 2.31 bits per heavy atom. The summed E-state index contributed by atoms with van der Waals surface area (Å²) in [4.78, 5) is 9.77. The van der Waals surface area contributed by atoms with Gasteiger partial charge in [-0.15, -0.1) is 24.0 Å². The Morgan fingerprint density at radius 2 is 1.66 bits per heavy atom. The van der Waals surface area contributed by atoms with Gasteiger partial charge in [0.05, 0.1) is 13.7 Å². The highest BCUT2D eigenvalue weighted by atomic mass is 127. The number of nitrogens with one attached hydrogen (secondary N) is 2. The first-order valence-corrected chi connectivity index (χ1v) is 11.5. The summed E-state index contributed by atoms with van der Waals surface area (Å²) in [5.41, 5.74) is 2.52. The van der Waals surface area contributed by atoms with Crippen molar-refractivity contribution in [3.63, 3.8) is 0 Å². The van der Waals surface area contributed by atoms with E-state index in [-0.39, 0.29) is 24.0 Å². The minimum atomic E-state index is 0. The van der Waals surface area contributed by atoms with E-state index in [4.69, 9.17) is 9.73 Å². The fraction of sp³-hybridized carbons (Fsp3) is 0.480. The molecule has 6 nitrogen and oxygen atoms in total. The smallest absolute Gasteiger partial charge is 0.191 e. The van der Waals surface area contributed by atoms with Crippen molar-refractivity contribution >= 4 is 35.6 Å². The number of hydrogen-bond donors (Lipinski definition) is 2. The van der Waals surface area contributed by atoms with Crippen molar-refractivity contribution in [2.45, 2.75) is 26.3 Å². The van der Waals surface area contributed by atoms with Gasteiger partial charge in [0.2, 0.25) is 0 Å². The summed E-state index contributed by atoms with van der Waals surface area (Å²) in [6.45, 7) is 10.3. The summed E-state index contributed by atoms with van der Waals surface area (Å²) in [6.07, 6.45) is 2.35. The summed E-state index contributed by atoms with van der Waals surface area (Å²) >= 11 is 0. The molecule has 0 bridgehead atoms. The van der Waals surface area contributed by atoms with Crippen LogP contribution in [0.3, 0.4) is 0 Å². The quantitative estimate of drug-likeness (QED) is 0.203. The van der Waals surface area contributed by atoms with Gasteiger partial charge in [-0.3, -0.25) is 4.90 Å². The SMILES string of the molecule is CCNC(=NCc1ccc(OC)cc1)NCCCCN1CCN(c2ccccc2)CC1.I. The molecule has 32 heavy (non-hydrogen) atoms. The molecule has 176 valence electrons. The molecular formula is C25H38IN5O. The Bertz CT molecular complexity index is 777. The van der Waals surface area contributed by atoms with Gasteiger partial charge in [-0.1, -0.05) is 30.3 Å². The fourth-order valence-corrected chi connectivity index (χ4v) is 3.78. The van der Waals surface area contributed by atoms with Gasteiger partial charge in [0.1, 0.15) is 5.75 Å². The molecule has 1 fully saturated rings. The molecule has 1 aliphatic rings. The molecule has 0 spiro atoms. The first-order chi connectivity index (χ1) is 15.3. The first kappa shape index (κ1) is 26.3. The van der Waals surface area contributed by atoms with Gasteiger partial charge in [-0.25, -0.2) is 4.99 Å². The van der Waals surface area contributed by atoms with Gasteiger partial charge in [-0.05, 0) is 56.1 Å². The van der Waals surface area contributed by atoms with Crippen LogP contribution >= 0.6 is 24.0 Å². The number of aliphatic imine (C=N–C) groups is 1. The van der Waals surface area contributed by atoms with E-state index in [1.54, 1.807) is 7.11 Å². The van der Waals surface area contributed by atoms with Crippen LogP contribution in [0, 0.1) is 0 Å². The summed E-state index contributed by atoms with van der Waals surface area (Å²) in [7, 11) is 1.69. The largest absolute Gasteiger partial charge is 0.497 e. The van der Waals surface area contributed by atoms with E-state index in [1.807, 2.05) is 12.1 Å². The number of ether oxygens (including phenoxy) is 1. The van der Waals surface area contributed by atoms with E-state index in [1.165, 1.54) is 24.2 Å². The third kappa shape index (κ3) is 8.86. The highest BCUT2D eigenvalue weighted by Gasteiger charge is 2.16. The third-order valence-corrected chi connectivity index (χ3v) is 5.61. The predicted molar refractivity (Wildman–Crippen MR) is 146 cm³/mol. The van der Waals surface area contributed by atoms with Crippen molar-refractivity contribution in [2.24, 2.45) is 4.99 Å². The average molecular weight is 552 g/mol. The van der Waals surface area contributed by atoms with Gasteiger partial charge in [0.25, 0.3) is 0 Å². The topological polar surface area (TPSA) is 52.1 Å². The van der Waals surface area contributed by atoms with Crippen molar-refractivity contribution in [1.82, 2.24) is 15.5 Å². The molecule has 0 amide bonds. The number of methoxy groups -OCH3 is 1. The maximum Gasteiger partial charge on any atom is 0.191 e. The van der Waals surface area contributed by atoms with Crippen LogP contribution in [-0.2, 0) is 6.54 Å². The Kier molecular flexibility index (Phi) is 12.3. The fourth-order valence-electron chi connectivity index (χ4n) is 3.78. The third-order valence-electron chi connectivity index (χ3n) is 5.61. The standard InChI is InChI=1S/C25H37N5O.HI/c1-3-26-25(28-21-22-11-13-24(31-2)14-12-22)27-15-7-8-16-29-17-19-30(20-18-29)23-9-5-4-6-10-23;/h4-6,9-14H,3,7-8,15-21H2,1-2H3,(H2,26,27,28);1H. The molecular weight excluding hydrogens is 513 g/mol. The number of halogens is 1. The van der Waals surface area contributed by atoms with Crippen LogP contribution in [0.25, 0.3) is 0 Å². The molecule has 0 saturated carbocycles. The van der Waals surface area contributed by atoms with E-state index >= 15 is 0 Å². The number of para-hydroxylation sites is 1. The zero-order valence-electron chi connectivity index (χ0n) is 19.4. The van der Waals surface area contributed by atoms with Crippen molar-refractivity contribution in [3.05, 3.63) is 60.2 Å². The number of hydrogen-bond acceptors (Lipinski definition) is 4. The van der Waals surface area contributed by atoms with Crippen LogP contribution in [0.15, 0.2) is 59.6 Å². The summed E-state index contributed by atoms with van der Waals surface area (Å²) in [6, 6.07) is 18.8. The molecule has 0 radical (unpaired) electrons. The monoisotopic (exact) mass is 551 g/mol. The molecule has 2 N–H and O–H groups in total. The van der Waals surface area contributed by atoms with Gasteiger partial charge >= 0.3 is 0 Å². The van der Waals surface area contributed by atoms with Gasteiger partial charge in [0.15, 0.2) is 5.96 Å². The number of rotatable bonds is 10. The molecule has 1 saturated heterocycles. The van der Waals surface area contributed by atoms with Gasteiger partial charge in [0, 0.05) is 45.0 Å². The molecule has 2 aromatic rings. The van der Waals surface area contributed by atoms with E-state index in [2.05, 4.69) is 69.8 Å². The summed E-state index contributed by atoms with van der Waals surface area (Å²) in [5.74, 6) is 1.76. The minimum absolute atomic E-state index is 0. The number of benzene rings is 2. The van der Waals surface area contributed by atoms with Crippen molar-refractivity contribution < 1.29 is 4.74 Å². The second kappa shape index (κ2) is 14.9. The van der Waals surface area contributed by atoms with E-state index in [9.17, 15) is 0 Å².